The zero-order valence-corrected chi connectivity index (χ0v) is 12.7. The summed E-state index contributed by atoms with van der Waals surface area (Å²) in [6, 6.07) is 8.33. The minimum Gasteiger partial charge on any atom is -0.385 e. The number of anilines is 1. The third-order valence-electron chi connectivity index (χ3n) is 3.86. The van der Waals surface area contributed by atoms with E-state index in [4.69, 9.17) is 0 Å². The fourth-order valence-corrected chi connectivity index (χ4v) is 2.63. The van der Waals surface area contributed by atoms with Gasteiger partial charge in [-0.25, -0.2) is 0 Å². The van der Waals surface area contributed by atoms with Gasteiger partial charge < -0.3 is 10.2 Å². The minimum absolute atomic E-state index is 0.143. The van der Waals surface area contributed by atoms with E-state index in [1.165, 1.54) is 0 Å². The van der Waals surface area contributed by atoms with Crippen molar-refractivity contribution in [3.63, 3.8) is 0 Å². The summed E-state index contributed by atoms with van der Waals surface area (Å²) in [5, 5.41) is 3.27. The molecule has 0 aromatic heterocycles. The van der Waals surface area contributed by atoms with Crippen molar-refractivity contribution in [2.24, 2.45) is 0 Å². The second kappa shape index (κ2) is 6.75. The van der Waals surface area contributed by atoms with Crippen molar-refractivity contribution < 1.29 is 4.79 Å². The van der Waals surface area contributed by atoms with Crippen LogP contribution in [0, 0.1) is 0 Å². The van der Waals surface area contributed by atoms with Gasteiger partial charge in [0.25, 0.3) is 5.91 Å². The van der Waals surface area contributed by atoms with Crippen LogP contribution in [0.2, 0.25) is 0 Å². The maximum absolute atomic E-state index is 12.6. The zero-order valence-electron chi connectivity index (χ0n) is 12.7. The van der Waals surface area contributed by atoms with Crippen molar-refractivity contribution in [1.82, 2.24) is 9.80 Å². The van der Waals surface area contributed by atoms with Gasteiger partial charge in [0, 0.05) is 44.5 Å². The molecule has 1 amide bonds. The Hall–Kier alpha value is -1.55. The third-order valence-corrected chi connectivity index (χ3v) is 3.86. The Kier molecular flexibility index (Phi) is 5.01. The van der Waals surface area contributed by atoms with Gasteiger partial charge in [-0.2, -0.15) is 0 Å². The molecule has 20 heavy (non-hydrogen) atoms. The van der Waals surface area contributed by atoms with Gasteiger partial charge in [0.1, 0.15) is 0 Å². The molecule has 1 N–H and O–H groups in total. The summed E-state index contributed by atoms with van der Waals surface area (Å²) in [6.45, 7) is 10.8. The second-order valence-corrected chi connectivity index (χ2v) is 5.50. The Morgan fingerprint density at radius 3 is 2.45 bits per heavy atom. The predicted octanol–water partition coefficient (Wildman–Crippen LogP) is 2.28. The van der Waals surface area contributed by atoms with E-state index in [1.54, 1.807) is 0 Å². The molecular weight excluding hydrogens is 250 g/mol. The lowest BCUT2D eigenvalue weighted by atomic mass is 10.1. The molecule has 1 aliphatic rings. The summed E-state index contributed by atoms with van der Waals surface area (Å²) >= 11 is 0. The van der Waals surface area contributed by atoms with Crippen molar-refractivity contribution >= 4 is 11.6 Å². The van der Waals surface area contributed by atoms with Crippen molar-refractivity contribution in [1.29, 1.82) is 0 Å². The summed E-state index contributed by atoms with van der Waals surface area (Å²) < 4.78 is 0. The monoisotopic (exact) mass is 275 g/mol. The number of hydrogen-bond donors (Lipinski definition) is 1. The number of piperazine rings is 1. The quantitative estimate of drug-likeness (QED) is 0.915. The van der Waals surface area contributed by atoms with Gasteiger partial charge in [-0.15, -0.1) is 0 Å². The molecule has 0 atom stereocenters. The van der Waals surface area contributed by atoms with Crippen molar-refractivity contribution in [3.8, 4) is 0 Å². The maximum atomic E-state index is 12.6. The van der Waals surface area contributed by atoms with Crippen LogP contribution in [0.5, 0.6) is 0 Å². The Bertz CT molecular complexity index is 451. The Morgan fingerprint density at radius 1 is 1.20 bits per heavy atom. The first-order chi connectivity index (χ1) is 9.63. The summed E-state index contributed by atoms with van der Waals surface area (Å²) in [5.74, 6) is 0.143. The average Bonchev–Trinajstić information content (AvgIpc) is 2.47. The molecule has 110 valence electrons. The van der Waals surface area contributed by atoms with Gasteiger partial charge in [0.05, 0.1) is 5.56 Å². The molecule has 1 saturated heterocycles. The smallest absolute Gasteiger partial charge is 0.256 e. The highest BCUT2D eigenvalue weighted by atomic mass is 16.2. The van der Waals surface area contributed by atoms with E-state index >= 15 is 0 Å². The lowest BCUT2D eigenvalue weighted by molar-refractivity contribution is 0.0596. The van der Waals surface area contributed by atoms with Gasteiger partial charge in [-0.3, -0.25) is 9.69 Å². The summed E-state index contributed by atoms with van der Waals surface area (Å²) in [7, 11) is 0. The summed E-state index contributed by atoms with van der Waals surface area (Å²) in [4.78, 5) is 17.0. The zero-order chi connectivity index (χ0) is 14.5. The van der Waals surface area contributed by atoms with Gasteiger partial charge in [-0.05, 0) is 32.9 Å². The van der Waals surface area contributed by atoms with Crippen LogP contribution in [-0.2, 0) is 0 Å². The largest absolute Gasteiger partial charge is 0.385 e. The highest BCUT2D eigenvalue weighted by Gasteiger charge is 2.24. The number of hydrogen-bond acceptors (Lipinski definition) is 3. The normalized spacial score (nSPS) is 16.5. The van der Waals surface area contributed by atoms with Gasteiger partial charge in [0.15, 0.2) is 0 Å². The van der Waals surface area contributed by atoms with Crippen LogP contribution in [0.15, 0.2) is 24.3 Å². The van der Waals surface area contributed by atoms with Crippen molar-refractivity contribution in [2.45, 2.75) is 26.8 Å². The molecule has 1 heterocycles. The van der Waals surface area contributed by atoms with E-state index in [1.807, 2.05) is 36.1 Å². The van der Waals surface area contributed by atoms with Crippen LogP contribution in [0.1, 0.15) is 31.1 Å². The Morgan fingerprint density at radius 2 is 1.85 bits per heavy atom. The molecule has 2 rings (SSSR count). The highest BCUT2D eigenvalue weighted by Crippen LogP contribution is 2.18. The molecule has 1 aromatic rings. The predicted molar refractivity (Wildman–Crippen MR) is 83.2 cm³/mol. The van der Waals surface area contributed by atoms with E-state index in [9.17, 15) is 4.79 Å². The summed E-state index contributed by atoms with van der Waals surface area (Å²) in [6.07, 6.45) is 0. The van der Waals surface area contributed by atoms with E-state index in [0.29, 0.717) is 6.04 Å². The first kappa shape index (κ1) is 14.9. The topological polar surface area (TPSA) is 35.6 Å². The SMILES string of the molecule is CCNc1ccccc1C(=O)N1CCN(C(C)C)CC1. The van der Waals surface area contributed by atoms with Crippen molar-refractivity contribution in [2.75, 3.05) is 38.0 Å². The number of nitrogens with one attached hydrogen (secondary N) is 1. The molecule has 0 saturated carbocycles. The maximum Gasteiger partial charge on any atom is 0.256 e. The molecule has 0 unspecified atom stereocenters. The number of carbonyl (C=O) groups excluding carboxylic acids is 1. The molecule has 0 spiro atoms. The highest BCUT2D eigenvalue weighted by molar-refractivity contribution is 5.99. The van der Waals surface area contributed by atoms with E-state index in [2.05, 4.69) is 24.1 Å². The average molecular weight is 275 g/mol. The number of amides is 1. The molecule has 4 heteroatoms. The number of para-hydroxylation sites is 1. The van der Waals surface area contributed by atoms with Gasteiger partial charge in [0.2, 0.25) is 0 Å². The fraction of sp³-hybridized carbons (Fsp3) is 0.562. The lowest BCUT2D eigenvalue weighted by Gasteiger charge is -2.37. The second-order valence-electron chi connectivity index (χ2n) is 5.50. The number of rotatable bonds is 4. The first-order valence-corrected chi connectivity index (χ1v) is 7.49. The fourth-order valence-electron chi connectivity index (χ4n) is 2.63. The van der Waals surface area contributed by atoms with Gasteiger partial charge in [-0.1, -0.05) is 12.1 Å². The van der Waals surface area contributed by atoms with Gasteiger partial charge >= 0.3 is 0 Å². The van der Waals surface area contributed by atoms with Crippen LogP contribution in [0.3, 0.4) is 0 Å². The summed E-state index contributed by atoms with van der Waals surface area (Å²) in [5.41, 5.74) is 1.72. The van der Waals surface area contributed by atoms with E-state index < -0.39 is 0 Å². The van der Waals surface area contributed by atoms with Crippen LogP contribution in [0.25, 0.3) is 0 Å². The molecule has 0 aliphatic carbocycles. The molecule has 0 radical (unpaired) electrons. The Balaban J connectivity index is 2.05. The van der Waals surface area contributed by atoms with Crippen LogP contribution < -0.4 is 5.32 Å². The standard InChI is InChI=1S/C16H25N3O/c1-4-17-15-8-6-5-7-14(15)16(20)19-11-9-18(10-12-19)13(2)3/h5-8,13,17H,4,9-12H2,1-3H3. The molecule has 0 bridgehead atoms. The molecule has 4 nitrogen and oxygen atoms in total. The first-order valence-electron chi connectivity index (χ1n) is 7.49. The third kappa shape index (κ3) is 3.31. The van der Waals surface area contributed by atoms with E-state index in [0.717, 1.165) is 44.0 Å². The van der Waals surface area contributed by atoms with Crippen molar-refractivity contribution in [3.05, 3.63) is 29.8 Å². The number of carbonyl (C=O) groups is 1. The number of nitrogens with zero attached hydrogens (tertiary/aromatic N) is 2. The molecule has 1 aliphatic heterocycles. The molecule has 1 fully saturated rings. The molecular formula is C16H25N3O. The van der Waals surface area contributed by atoms with Crippen LogP contribution >= 0.6 is 0 Å². The number of benzene rings is 1. The minimum atomic E-state index is 0.143. The van der Waals surface area contributed by atoms with Crippen LogP contribution in [0.4, 0.5) is 5.69 Å². The van der Waals surface area contributed by atoms with E-state index in [-0.39, 0.29) is 5.91 Å². The Labute approximate surface area is 121 Å². The lowest BCUT2D eigenvalue weighted by Crippen LogP contribution is -2.50. The van der Waals surface area contributed by atoms with Crippen LogP contribution in [-0.4, -0.2) is 54.5 Å². The molecule has 1 aromatic carbocycles.